The van der Waals surface area contributed by atoms with Gasteiger partial charge in [0.15, 0.2) is 18.6 Å². The Kier molecular flexibility index (Phi) is 38.8. The maximum atomic E-state index is 14.5. The van der Waals surface area contributed by atoms with Gasteiger partial charge in [-0.15, -0.1) is 10.1 Å². The number of nitrogens with two attached hydrogens (primary N) is 1. The number of carbonyl (C=O) groups excluding carboxylic acids is 4. The summed E-state index contributed by atoms with van der Waals surface area (Å²) >= 11 is 0. The van der Waals surface area contributed by atoms with Gasteiger partial charge in [-0.2, -0.15) is 10.5 Å². The predicted molar refractivity (Wildman–Crippen MR) is 409 cm³/mol. The van der Waals surface area contributed by atoms with Crippen LogP contribution in [-0.4, -0.2) is 211 Å². The fraction of sp³-hybridized carbons (Fsp3) is 0.613. The molecule has 0 aromatic heterocycles. The highest BCUT2D eigenvalue weighted by atomic mass is 17.3. The van der Waals surface area contributed by atoms with Crippen LogP contribution in [0.4, 0.5) is 10.5 Å². The Labute approximate surface area is 651 Å². The zero-order chi connectivity index (χ0) is 81.4. The highest BCUT2D eigenvalue weighted by molar-refractivity contribution is 5.81. The molecule has 2 unspecified atom stereocenters. The maximum Gasteiger partial charge on any atom is 0.407 e. The number of carbonyl (C=O) groups is 7. The van der Waals surface area contributed by atoms with Gasteiger partial charge in [-0.25, -0.2) is 14.5 Å². The van der Waals surface area contributed by atoms with Crippen LogP contribution in [0.1, 0.15) is 148 Å². The fourth-order valence-corrected chi connectivity index (χ4v) is 14.3. The van der Waals surface area contributed by atoms with E-state index in [2.05, 4.69) is 40.6 Å². The number of carboxylic acids is 3. The molecule has 4 aromatic carbocycles. The van der Waals surface area contributed by atoms with Crippen LogP contribution in [0.2, 0.25) is 0 Å². The Balaban J connectivity index is 0.973. The molecule has 2 aliphatic heterocycles. The highest BCUT2D eigenvalue weighted by Gasteiger charge is 2.52. The van der Waals surface area contributed by atoms with E-state index < -0.39 is 134 Å². The number of rotatable bonds is 50. The molecule has 2 aliphatic rings. The van der Waals surface area contributed by atoms with Crippen LogP contribution in [0.25, 0.3) is 0 Å². The summed E-state index contributed by atoms with van der Waals surface area (Å²) in [5.74, 6) is -9.65. The number of nitrogens with zero attached hydrogens (tertiary/aromatic N) is 3. The minimum atomic E-state index is -1.57. The number of likely N-dealkylation sites (N-methyl/N-ethyl adjacent to an activating group) is 1. The Morgan fingerprint density at radius 3 is 1.95 bits per heavy atom. The molecule has 31 heteroatoms. The number of carboxylic acid groups (broad SMARTS) is 3. The summed E-state index contributed by atoms with van der Waals surface area (Å²) in [7, 11) is 7.74. The van der Waals surface area contributed by atoms with E-state index in [4.69, 9.17) is 53.7 Å². The molecule has 0 spiro atoms. The number of ether oxygens (including phenoxy) is 6. The van der Waals surface area contributed by atoms with Gasteiger partial charge >= 0.3 is 30.0 Å². The minimum Gasteiger partial charge on any atom is -0.481 e. The van der Waals surface area contributed by atoms with Crippen molar-refractivity contribution in [2.45, 2.75) is 219 Å². The number of unbranched alkanes of at least 4 members (excludes halogenated alkanes) is 1. The van der Waals surface area contributed by atoms with Gasteiger partial charge in [-0.05, 0) is 116 Å². The van der Waals surface area contributed by atoms with E-state index in [9.17, 15) is 59.1 Å². The summed E-state index contributed by atoms with van der Waals surface area (Å²) in [5.41, 5.74) is 13.4. The van der Waals surface area contributed by atoms with Gasteiger partial charge in [0.1, 0.15) is 25.2 Å². The first-order valence-corrected chi connectivity index (χ1v) is 38.3. The number of aliphatic carboxylic acids is 3. The molecule has 111 heavy (non-hydrogen) atoms. The molecule has 618 valence electrons. The van der Waals surface area contributed by atoms with Gasteiger partial charge in [0, 0.05) is 77.9 Å². The first kappa shape index (κ1) is 91.9. The van der Waals surface area contributed by atoms with Crippen molar-refractivity contribution in [1.29, 1.82) is 0 Å². The van der Waals surface area contributed by atoms with Gasteiger partial charge < -0.3 is 85.9 Å². The molecule has 6 rings (SSSR count). The number of hydrogen-bond donors (Lipinski definition) is 11. The number of esters is 1. The van der Waals surface area contributed by atoms with Crippen molar-refractivity contribution in [3.05, 3.63) is 131 Å². The van der Waals surface area contributed by atoms with E-state index in [1.165, 1.54) is 17.2 Å². The summed E-state index contributed by atoms with van der Waals surface area (Å²) in [6, 6.07) is 30.4. The zero-order valence-corrected chi connectivity index (χ0v) is 66.3. The van der Waals surface area contributed by atoms with E-state index in [1.54, 1.807) is 52.3 Å². The van der Waals surface area contributed by atoms with Crippen LogP contribution in [-0.2, 0) is 91.6 Å². The third-order valence-electron chi connectivity index (χ3n) is 20.6. The first-order valence-electron chi connectivity index (χ1n) is 38.3. The van der Waals surface area contributed by atoms with Gasteiger partial charge in [-0.3, -0.25) is 33.6 Å². The molecule has 12 N–H and O–H groups in total. The average Bonchev–Trinajstić information content (AvgIpc) is 1.12. The van der Waals surface area contributed by atoms with Crippen LogP contribution in [0.15, 0.2) is 109 Å². The number of hydrogen-bond acceptors (Lipinski definition) is 25. The SMILES string of the molecule is CC[C@H](C)[C@@H]([C@@H](CC(=O)N1CCC[C@H]1[C@H](OC)[C@@H](C)C(=O)N[C@H](C)[C@@H](O)c1ccccc1)OC)N(C)O[C@H](NO[C@@H](C(C)C)N(C)OOCc1ccc(NC(O)C(CCCCNC(=O)OCc2ccc(O[C@@H]3O[C@H](C(=O)OC)[C@@H](CC(=O)O)[C@H](CC(=O)O)[C@H]3CC(=O)O)cc2)NC[C@@H](N)Cc2ccccc2)cc1)C(C)C. The van der Waals surface area contributed by atoms with Crippen LogP contribution in [0.5, 0.6) is 5.75 Å². The molecule has 31 nitrogen and oxygen atoms in total. The smallest absolute Gasteiger partial charge is 0.407 e. The van der Waals surface area contributed by atoms with E-state index >= 15 is 0 Å². The molecule has 0 radical (unpaired) electrons. The lowest BCUT2D eigenvalue weighted by Gasteiger charge is -2.44. The van der Waals surface area contributed by atoms with E-state index in [0.29, 0.717) is 62.0 Å². The second kappa shape index (κ2) is 46.9. The van der Waals surface area contributed by atoms with Crippen molar-refractivity contribution in [1.82, 2.24) is 36.5 Å². The lowest BCUT2D eigenvalue weighted by Crippen LogP contribution is -2.54. The topological polar surface area (TPSA) is 409 Å². The predicted octanol–water partition coefficient (Wildman–Crippen LogP) is 7.94. The second-order valence-corrected chi connectivity index (χ2v) is 29.6. The minimum absolute atomic E-state index is 0.0139. The number of aliphatic hydroxyl groups excluding tert-OH is 2. The number of hydroxylamine groups is 5. The quantitative estimate of drug-likeness (QED) is 0.00657. The largest absolute Gasteiger partial charge is 0.481 e. The molecule has 0 aliphatic carbocycles. The number of methoxy groups -OCH3 is 3. The van der Waals surface area contributed by atoms with E-state index in [1.807, 2.05) is 125 Å². The second-order valence-electron chi connectivity index (χ2n) is 29.6. The molecule has 2 saturated heterocycles. The fourth-order valence-electron chi connectivity index (χ4n) is 14.3. The van der Waals surface area contributed by atoms with Gasteiger partial charge in [0.05, 0.1) is 74.8 Å². The lowest BCUT2D eigenvalue weighted by molar-refractivity contribution is -0.463. The van der Waals surface area contributed by atoms with Crippen LogP contribution in [0.3, 0.4) is 0 Å². The Bertz CT molecular complexity index is 3450. The van der Waals surface area contributed by atoms with E-state index in [0.717, 1.165) is 31.1 Å². The molecule has 18 atom stereocenters. The Morgan fingerprint density at radius 1 is 0.721 bits per heavy atom. The van der Waals surface area contributed by atoms with Gasteiger partial charge in [0.25, 0.3) is 0 Å². The molecule has 3 amide bonds. The zero-order valence-electron chi connectivity index (χ0n) is 66.3. The molecule has 0 bridgehead atoms. The highest BCUT2D eigenvalue weighted by Crippen LogP contribution is 2.43. The van der Waals surface area contributed by atoms with Crippen molar-refractivity contribution < 1.29 is 107 Å². The standard InChI is InChI=1S/C80H121N9O22/c1-14-50(6)70(65(102-11)44-66(90)89-39-23-29-64(89)72(103-12)51(7)74(98)84-52(8)71(97)56-26-19-16-20-27-56)87(9)110-76(48(2)3)86-109-77(49(4)5)88(10)111-106-47-55-30-34-58(35-31-55)85-75(99)63(83-45-57(81)40-53-24-17-15-18-25-53)28-21-22-38-82-80(101)105-46-54-32-36-59(37-33-54)107-79-62(43-69(95)96)60(41-67(91)92)61(42-68(93)94)73(108-79)78(100)104-13/h15-20,24-27,30-37,48-52,57,60-65,70-73,75-77,79,83,85-86,97,99H,14,21-23,28-29,38-47,81H2,1-13H3,(H,82,101)(H,84,98)(H,91,92)(H,93,94)(H,95,96)/t50-,51+,52+,57-,60-,61-,62+,63?,64-,65+,70-,71+,72+,73-,75?,76-,77-,79+/m0/s1. The summed E-state index contributed by atoms with van der Waals surface area (Å²) < 4.78 is 34.4. The summed E-state index contributed by atoms with van der Waals surface area (Å²) in [6.07, 6.45) is -5.81. The van der Waals surface area contributed by atoms with Crippen molar-refractivity contribution in [2.24, 2.45) is 47.2 Å². The third kappa shape index (κ3) is 29.2. The average molecular weight is 1560 g/mol. The molecule has 2 heterocycles. The molecule has 4 aromatic rings. The van der Waals surface area contributed by atoms with Crippen LogP contribution in [0, 0.1) is 41.4 Å². The van der Waals surface area contributed by atoms with Crippen molar-refractivity contribution >= 4 is 47.5 Å². The first-order chi connectivity index (χ1) is 53.0. The van der Waals surface area contributed by atoms with Gasteiger partial charge in [-0.1, -0.05) is 140 Å². The molecule has 2 fully saturated rings. The number of likely N-dealkylation sites (tertiary alicyclic amines) is 1. The number of amides is 3. The number of anilines is 1. The number of aliphatic hydroxyl groups is 2. The summed E-state index contributed by atoms with van der Waals surface area (Å²) in [6.45, 7) is 16.7. The Hall–Kier alpha value is -7.99. The summed E-state index contributed by atoms with van der Waals surface area (Å²) in [5, 5.41) is 67.5. The molecular formula is C80H121N9O22. The van der Waals surface area contributed by atoms with Crippen molar-refractivity contribution in [3.63, 3.8) is 0 Å². The lowest BCUT2D eigenvalue weighted by atomic mass is 9.71. The number of benzene rings is 4. The summed E-state index contributed by atoms with van der Waals surface area (Å²) in [4.78, 5) is 116. The molecular weight excluding hydrogens is 1440 g/mol. The maximum absolute atomic E-state index is 14.5. The Morgan fingerprint density at radius 2 is 1.34 bits per heavy atom. The van der Waals surface area contributed by atoms with E-state index in [-0.39, 0.29) is 79.6 Å². The third-order valence-corrected chi connectivity index (χ3v) is 20.6. The van der Waals surface area contributed by atoms with Crippen LogP contribution >= 0.6 is 0 Å². The molecule has 0 saturated carbocycles. The number of nitrogens with one attached hydrogen (secondary N) is 5. The monoisotopic (exact) mass is 1560 g/mol. The van der Waals surface area contributed by atoms with Crippen LogP contribution < -0.4 is 37.2 Å². The van der Waals surface area contributed by atoms with Crippen molar-refractivity contribution in [3.8, 4) is 5.75 Å². The van der Waals surface area contributed by atoms with Gasteiger partial charge in [0.2, 0.25) is 18.1 Å². The van der Waals surface area contributed by atoms with Crippen molar-refractivity contribution in [2.75, 3.05) is 60.4 Å². The number of alkyl carbamates (subject to hydrolysis) is 1. The normalized spacial score (nSPS) is 20.6.